The molecule has 3 aliphatic heterocycles. The zero-order valence-electron chi connectivity index (χ0n) is 45.3. The number of piperidine rings is 1. The van der Waals surface area contributed by atoms with Crippen LogP contribution in [-0.4, -0.2) is 156 Å². The molecule has 3 fully saturated rings. The fraction of sp³-hybridized carbons (Fsp3) is 0.750. The van der Waals surface area contributed by atoms with Gasteiger partial charge in [-0.05, 0) is 114 Å². The van der Waals surface area contributed by atoms with E-state index < -0.39 is 120 Å². The summed E-state index contributed by atoms with van der Waals surface area (Å²) in [5.41, 5.74) is -0.277. The molecule has 4 rings (SSSR count). The van der Waals surface area contributed by atoms with Gasteiger partial charge in [0.15, 0.2) is 5.78 Å². The van der Waals surface area contributed by atoms with Crippen LogP contribution in [0.5, 0.6) is 0 Å². The van der Waals surface area contributed by atoms with E-state index in [2.05, 4.69) is 0 Å². The average Bonchev–Trinajstić information content (AvgIpc) is 3.37. The van der Waals surface area contributed by atoms with E-state index in [-0.39, 0.29) is 42.8 Å². The molecule has 17 nitrogen and oxygen atoms in total. The van der Waals surface area contributed by atoms with Gasteiger partial charge in [-0.15, -0.1) is 0 Å². The summed E-state index contributed by atoms with van der Waals surface area (Å²) >= 11 is 0. The van der Waals surface area contributed by atoms with Crippen LogP contribution in [0.15, 0.2) is 47.6 Å². The Morgan fingerprint density at radius 3 is 2.21 bits per heavy atom. The number of ether oxygens (including phenoxy) is 6. The molecule has 0 aromatic carbocycles. The molecule has 15 atom stereocenters. The first-order chi connectivity index (χ1) is 34.5. The molecule has 0 spiro atoms. The van der Waals surface area contributed by atoms with E-state index in [1.165, 1.54) is 21.1 Å². The molecule has 0 aromatic rings. The molecule has 17 heteroatoms. The Morgan fingerprint density at radius 2 is 1.56 bits per heavy atom. The molecule has 1 aliphatic carbocycles. The minimum Gasteiger partial charge on any atom is -0.460 e. The van der Waals surface area contributed by atoms with Crippen molar-refractivity contribution in [1.29, 1.82) is 0 Å². The van der Waals surface area contributed by atoms with Crippen LogP contribution in [0.2, 0.25) is 0 Å². The van der Waals surface area contributed by atoms with Crippen molar-refractivity contribution in [3.05, 3.63) is 47.6 Å². The Hall–Kier alpha value is -3.94. The lowest BCUT2D eigenvalue weighted by Gasteiger charge is -2.42. The molecule has 0 aromatic heterocycles. The van der Waals surface area contributed by atoms with Crippen molar-refractivity contribution >= 4 is 35.2 Å². The van der Waals surface area contributed by atoms with Gasteiger partial charge in [0.05, 0.1) is 31.5 Å². The number of aliphatic hydroxyl groups excluding tert-OH is 3. The fourth-order valence-corrected chi connectivity index (χ4v) is 10.7. The summed E-state index contributed by atoms with van der Waals surface area (Å²) in [6.45, 7) is 12.7. The van der Waals surface area contributed by atoms with Gasteiger partial charge in [0.1, 0.15) is 41.7 Å². The molecule has 1 unspecified atom stereocenters. The van der Waals surface area contributed by atoms with E-state index in [4.69, 9.17) is 28.4 Å². The number of aliphatic hydroxyl groups is 4. The molecular formula is C56H87NO16. The van der Waals surface area contributed by atoms with Crippen LogP contribution in [0.1, 0.15) is 132 Å². The highest BCUT2D eigenvalue weighted by molar-refractivity contribution is 6.39. The topological polar surface area (TPSA) is 242 Å². The molecule has 1 amide bonds. The van der Waals surface area contributed by atoms with E-state index in [1.54, 1.807) is 40.9 Å². The number of carbonyl (C=O) groups is 6. The Labute approximate surface area is 433 Å². The second kappa shape index (κ2) is 28.3. The third-order valence-electron chi connectivity index (χ3n) is 15.9. The second-order valence-electron chi connectivity index (χ2n) is 21.8. The molecule has 412 valence electrons. The quantitative estimate of drug-likeness (QED) is 0.116. The predicted molar refractivity (Wildman–Crippen MR) is 271 cm³/mol. The maximum absolute atomic E-state index is 14.5. The van der Waals surface area contributed by atoms with E-state index in [0.29, 0.717) is 69.8 Å². The number of rotatable bonds is 10. The summed E-state index contributed by atoms with van der Waals surface area (Å²) < 4.78 is 35.4. The first kappa shape index (κ1) is 61.6. The summed E-state index contributed by atoms with van der Waals surface area (Å²) in [4.78, 5) is 85.4. The van der Waals surface area contributed by atoms with Crippen molar-refractivity contribution in [2.75, 3.05) is 41.1 Å². The highest BCUT2D eigenvalue weighted by Crippen LogP contribution is 2.38. The van der Waals surface area contributed by atoms with Crippen molar-refractivity contribution in [3.63, 3.8) is 0 Å². The predicted octanol–water partition coefficient (Wildman–Crippen LogP) is 5.72. The Kier molecular flexibility index (Phi) is 23.9. The van der Waals surface area contributed by atoms with Crippen LogP contribution in [0.4, 0.5) is 0 Å². The van der Waals surface area contributed by atoms with E-state index in [9.17, 15) is 49.2 Å². The minimum absolute atomic E-state index is 0.00697. The van der Waals surface area contributed by atoms with Crippen LogP contribution in [0, 0.1) is 40.9 Å². The third-order valence-corrected chi connectivity index (χ3v) is 15.9. The lowest BCUT2D eigenvalue weighted by Crippen LogP contribution is -2.61. The van der Waals surface area contributed by atoms with E-state index in [1.807, 2.05) is 51.2 Å². The van der Waals surface area contributed by atoms with E-state index >= 15 is 0 Å². The van der Waals surface area contributed by atoms with Gasteiger partial charge in [0.25, 0.3) is 11.7 Å². The number of amides is 1. The van der Waals surface area contributed by atoms with Crippen LogP contribution in [-0.2, 0) is 57.2 Å². The SMILES string of the molecule is CO[C@H]1C[C@@H]2CC[C@@H](C)C(O)(O2)C(=O)C(=O)N2CCCC[C@H]2C(=O)O[C@H]([C@@H](C)C[C@@H]2CC[C@@H](OC(=O)C(C)(CO)CO)[C@H](OC)C2)CC(=O)[C@H](C)/C=C(\C)[C@@H](O)[C@@H](OC)C(=O)[C@H](C)C[C@H](C)/C=C/C=C/C=C/1C. The zero-order valence-corrected chi connectivity index (χ0v) is 45.3. The molecule has 3 heterocycles. The lowest BCUT2D eigenvalue weighted by molar-refractivity contribution is -0.265. The monoisotopic (exact) mass is 1030 g/mol. The molecule has 73 heavy (non-hydrogen) atoms. The number of hydrogen-bond donors (Lipinski definition) is 4. The Bertz CT molecular complexity index is 2010. The molecule has 2 bridgehead atoms. The fourth-order valence-electron chi connectivity index (χ4n) is 10.7. The van der Waals surface area contributed by atoms with Gasteiger partial charge in [-0.2, -0.15) is 0 Å². The summed E-state index contributed by atoms with van der Waals surface area (Å²) in [6, 6.07) is -1.20. The van der Waals surface area contributed by atoms with Crippen LogP contribution in [0.25, 0.3) is 0 Å². The normalized spacial score (nSPS) is 37.4. The van der Waals surface area contributed by atoms with Crippen LogP contribution in [0.3, 0.4) is 0 Å². The molecule has 4 N–H and O–H groups in total. The molecule has 1 saturated carbocycles. The van der Waals surface area contributed by atoms with Crippen molar-refractivity contribution in [2.45, 2.75) is 187 Å². The van der Waals surface area contributed by atoms with Gasteiger partial charge < -0.3 is 53.7 Å². The minimum atomic E-state index is -2.47. The molecule has 4 aliphatic rings. The van der Waals surface area contributed by atoms with Gasteiger partial charge in [0.2, 0.25) is 5.79 Å². The van der Waals surface area contributed by atoms with Gasteiger partial charge in [-0.3, -0.25) is 24.0 Å². The zero-order chi connectivity index (χ0) is 54.4. The first-order valence-corrected chi connectivity index (χ1v) is 26.4. The van der Waals surface area contributed by atoms with Crippen LogP contribution < -0.4 is 0 Å². The third kappa shape index (κ3) is 16.0. The number of carbonyl (C=O) groups excluding carboxylic acids is 6. The number of hydrogen-bond acceptors (Lipinski definition) is 16. The van der Waals surface area contributed by atoms with E-state index in [0.717, 1.165) is 10.5 Å². The van der Waals surface area contributed by atoms with Crippen molar-refractivity contribution in [3.8, 4) is 0 Å². The van der Waals surface area contributed by atoms with Gasteiger partial charge in [-0.1, -0.05) is 71.1 Å². The summed E-state index contributed by atoms with van der Waals surface area (Å²) in [5, 5.41) is 43.1. The number of nitrogens with zero attached hydrogens (tertiary/aromatic N) is 1. The van der Waals surface area contributed by atoms with Gasteiger partial charge >= 0.3 is 11.9 Å². The standard InChI is InChI=1S/C56H87NO16/c1-33-17-13-12-14-18-34(2)45(68-9)29-41-22-20-39(7)56(67,73-41)51(63)52(64)57-24-16-15-19-42(57)53(65)71-46(30-43(60)35(3)26-38(6)49(62)50(70-11)48(61)37(5)25-33)36(4)27-40-21-23-44(47(28-40)69-10)72-54(66)55(8,31-58)32-59/h12-14,17-18,26,33,35-37,39-42,44-47,49-50,58-59,62,67H,15-16,19-25,27-32H2,1-11H3/b14-12+,17-13+,34-18+,38-26+/t33-,35-,36+,37-,39-,40+,41+,42+,44-,45+,46+,47-,49-,50+,56?/m1/s1. The van der Waals surface area contributed by atoms with Crippen molar-refractivity contribution < 1.29 is 77.6 Å². The maximum Gasteiger partial charge on any atom is 0.329 e. The maximum atomic E-state index is 14.5. The largest absolute Gasteiger partial charge is 0.460 e. The summed E-state index contributed by atoms with van der Waals surface area (Å²) in [6.07, 6.45) is 9.76. The number of methoxy groups -OCH3 is 3. The average molecular weight is 1030 g/mol. The number of Topliss-reactive ketones (excluding diaryl/α,β-unsaturated/α-hetero) is 3. The Morgan fingerprint density at radius 1 is 0.863 bits per heavy atom. The van der Waals surface area contributed by atoms with Crippen molar-refractivity contribution in [1.82, 2.24) is 4.90 Å². The first-order valence-electron chi connectivity index (χ1n) is 26.4. The number of cyclic esters (lactones) is 1. The second-order valence-corrected chi connectivity index (χ2v) is 21.8. The lowest BCUT2D eigenvalue weighted by atomic mass is 9.78. The molecular weight excluding hydrogens is 943 g/mol. The number of fused-ring (bicyclic) bond motifs is 3. The van der Waals surface area contributed by atoms with Gasteiger partial charge in [-0.25, -0.2) is 4.79 Å². The highest BCUT2D eigenvalue weighted by atomic mass is 16.6. The smallest absolute Gasteiger partial charge is 0.329 e. The summed E-state index contributed by atoms with van der Waals surface area (Å²) in [7, 11) is 4.43. The number of ketones is 3. The van der Waals surface area contributed by atoms with Crippen molar-refractivity contribution in [2.24, 2.45) is 40.9 Å². The Balaban J connectivity index is 1.69. The number of allylic oxidation sites excluding steroid dienone is 6. The molecule has 2 saturated heterocycles. The summed E-state index contributed by atoms with van der Waals surface area (Å²) in [5.74, 6) is -9.36. The van der Waals surface area contributed by atoms with Gasteiger partial charge in [0, 0.05) is 58.5 Å². The highest BCUT2D eigenvalue weighted by Gasteiger charge is 2.53. The molecule has 0 radical (unpaired) electrons. The number of esters is 2. The van der Waals surface area contributed by atoms with Crippen LogP contribution >= 0.6 is 0 Å².